The highest BCUT2D eigenvalue weighted by Gasteiger charge is 2.17. The predicted octanol–water partition coefficient (Wildman–Crippen LogP) is 2.81. The van der Waals surface area contributed by atoms with Crippen LogP contribution in [0.1, 0.15) is 5.56 Å². The van der Waals surface area contributed by atoms with Gasteiger partial charge in [-0.15, -0.1) is 0 Å². The molecule has 0 amide bonds. The number of sulfonamides is 1. The lowest BCUT2D eigenvalue weighted by molar-refractivity contribution is 0.599. The SMILES string of the molecule is CNCc1ccccc1S(=O)(=O)Nc1ccc(I)cc1. The minimum atomic E-state index is -3.57. The van der Waals surface area contributed by atoms with E-state index in [2.05, 4.69) is 32.6 Å². The quantitative estimate of drug-likeness (QED) is 0.757. The second-order valence-electron chi connectivity index (χ2n) is 4.25. The number of halogens is 1. The Bertz CT molecular complexity index is 685. The molecule has 0 aliphatic carbocycles. The summed E-state index contributed by atoms with van der Waals surface area (Å²) in [7, 11) is -1.78. The van der Waals surface area contributed by atoms with Crippen molar-refractivity contribution >= 4 is 38.3 Å². The van der Waals surface area contributed by atoms with E-state index < -0.39 is 10.0 Å². The molecular weight excluding hydrogens is 387 g/mol. The molecule has 4 nitrogen and oxygen atoms in total. The minimum absolute atomic E-state index is 0.299. The fourth-order valence-corrected chi connectivity index (χ4v) is 3.49. The van der Waals surface area contributed by atoms with E-state index in [0.717, 1.165) is 9.13 Å². The van der Waals surface area contributed by atoms with Crippen LogP contribution in [0.5, 0.6) is 0 Å². The predicted molar refractivity (Wildman–Crippen MR) is 89.2 cm³/mol. The first-order valence-corrected chi connectivity index (χ1v) is 8.60. The van der Waals surface area contributed by atoms with E-state index in [-0.39, 0.29) is 0 Å². The van der Waals surface area contributed by atoms with Crippen LogP contribution in [0.15, 0.2) is 53.4 Å². The van der Waals surface area contributed by atoms with Gasteiger partial charge in [-0.1, -0.05) is 18.2 Å². The van der Waals surface area contributed by atoms with E-state index in [1.165, 1.54) is 0 Å². The fraction of sp³-hybridized carbons (Fsp3) is 0.143. The summed E-state index contributed by atoms with van der Waals surface area (Å²) in [5.41, 5.74) is 1.30. The number of rotatable bonds is 5. The van der Waals surface area contributed by atoms with E-state index in [1.54, 1.807) is 37.4 Å². The first kappa shape index (κ1) is 15.3. The van der Waals surface area contributed by atoms with Gasteiger partial charge >= 0.3 is 0 Å². The molecule has 2 rings (SSSR count). The molecule has 0 spiro atoms. The van der Waals surface area contributed by atoms with Crippen molar-refractivity contribution < 1.29 is 8.42 Å². The summed E-state index contributed by atoms with van der Waals surface area (Å²) in [6.07, 6.45) is 0. The summed E-state index contributed by atoms with van der Waals surface area (Å²) in [6.45, 7) is 0.504. The van der Waals surface area contributed by atoms with E-state index in [0.29, 0.717) is 17.1 Å². The van der Waals surface area contributed by atoms with E-state index >= 15 is 0 Å². The second-order valence-corrected chi connectivity index (χ2v) is 7.15. The molecule has 0 heterocycles. The van der Waals surface area contributed by atoms with Crippen molar-refractivity contribution in [1.82, 2.24) is 5.32 Å². The summed E-state index contributed by atoms with van der Waals surface area (Å²) in [6, 6.07) is 14.2. The lowest BCUT2D eigenvalue weighted by Gasteiger charge is -2.12. The van der Waals surface area contributed by atoms with Gasteiger partial charge in [0.05, 0.1) is 4.90 Å². The topological polar surface area (TPSA) is 58.2 Å². The lowest BCUT2D eigenvalue weighted by Crippen LogP contribution is -2.17. The van der Waals surface area contributed by atoms with Crippen LogP contribution in [0.25, 0.3) is 0 Å². The van der Waals surface area contributed by atoms with Crippen LogP contribution in [0.2, 0.25) is 0 Å². The maximum Gasteiger partial charge on any atom is 0.262 e. The molecule has 6 heteroatoms. The molecule has 20 heavy (non-hydrogen) atoms. The Morgan fingerprint density at radius 1 is 1.05 bits per heavy atom. The molecule has 0 saturated carbocycles. The summed E-state index contributed by atoms with van der Waals surface area (Å²) < 4.78 is 28.5. The molecule has 2 aromatic rings. The molecule has 0 radical (unpaired) electrons. The van der Waals surface area contributed by atoms with Crippen LogP contribution in [0.4, 0.5) is 5.69 Å². The summed E-state index contributed by atoms with van der Waals surface area (Å²) in [5.74, 6) is 0. The Balaban J connectivity index is 2.33. The Hall–Kier alpha value is -1.12. The smallest absolute Gasteiger partial charge is 0.262 e. The van der Waals surface area contributed by atoms with Crippen LogP contribution in [0, 0.1) is 3.57 Å². The Morgan fingerprint density at radius 3 is 2.35 bits per heavy atom. The number of hydrogen-bond donors (Lipinski definition) is 2. The van der Waals surface area contributed by atoms with E-state index in [4.69, 9.17) is 0 Å². The van der Waals surface area contributed by atoms with Crippen molar-refractivity contribution in [2.75, 3.05) is 11.8 Å². The van der Waals surface area contributed by atoms with Crippen molar-refractivity contribution in [3.63, 3.8) is 0 Å². The van der Waals surface area contributed by atoms with Gasteiger partial charge < -0.3 is 5.32 Å². The van der Waals surface area contributed by atoms with Gasteiger partial charge in [-0.3, -0.25) is 4.72 Å². The average Bonchev–Trinajstić information content (AvgIpc) is 2.42. The molecule has 0 aromatic heterocycles. The summed E-state index contributed by atoms with van der Waals surface area (Å²) >= 11 is 2.18. The molecule has 0 atom stereocenters. The maximum absolute atomic E-state index is 12.4. The number of hydrogen-bond acceptors (Lipinski definition) is 3. The Kier molecular flexibility index (Phi) is 5.00. The average molecular weight is 402 g/mol. The fourth-order valence-electron chi connectivity index (χ4n) is 1.83. The van der Waals surface area contributed by atoms with Crippen LogP contribution in [-0.2, 0) is 16.6 Å². The van der Waals surface area contributed by atoms with Crippen molar-refractivity contribution in [3.8, 4) is 0 Å². The van der Waals surface area contributed by atoms with Gasteiger partial charge in [0.1, 0.15) is 0 Å². The zero-order valence-corrected chi connectivity index (χ0v) is 13.9. The standard InChI is InChI=1S/C14H15IN2O2S/c1-16-10-11-4-2-3-5-14(11)20(18,19)17-13-8-6-12(15)7-9-13/h2-9,16-17H,10H2,1H3. The number of benzene rings is 2. The largest absolute Gasteiger partial charge is 0.316 e. The van der Waals surface area contributed by atoms with Crippen molar-refractivity contribution in [2.24, 2.45) is 0 Å². The van der Waals surface area contributed by atoms with Gasteiger partial charge in [-0.25, -0.2) is 8.42 Å². The highest BCUT2D eigenvalue weighted by atomic mass is 127. The van der Waals surface area contributed by atoms with Gasteiger partial charge in [0.15, 0.2) is 0 Å². The molecule has 0 fully saturated rings. The summed E-state index contributed by atoms with van der Waals surface area (Å²) in [5, 5.41) is 2.97. The van der Waals surface area contributed by atoms with Crippen LogP contribution in [0.3, 0.4) is 0 Å². The highest BCUT2D eigenvalue weighted by molar-refractivity contribution is 14.1. The Labute approximate surface area is 132 Å². The monoisotopic (exact) mass is 402 g/mol. The number of nitrogens with one attached hydrogen (secondary N) is 2. The lowest BCUT2D eigenvalue weighted by atomic mass is 10.2. The molecule has 106 valence electrons. The molecule has 2 N–H and O–H groups in total. The van der Waals surface area contributed by atoms with Crippen LogP contribution in [-0.4, -0.2) is 15.5 Å². The number of anilines is 1. The third-order valence-electron chi connectivity index (χ3n) is 2.73. The molecule has 0 unspecified atom stereocenters. The molecule has 2 aromatic carbocycles. The van der Waals surface area contributed by atoms with Gasteiger partial charge in [-0.2, -0.15) is 0 Å². The van der Waals surface area contributed by atoms with Crippen molar-refractivity contribution in [1.29, 1.82) is 0 Å². The molecule has 0 bridgehead atoms. The molecule has 0 saturated heterocycles. The van der Waals surface area contributed by atoms with Crippen LogP contribution < -0.4 is 10.0 Å². The first-order chi connectivity index (χ1) is 9.53. The molecule has 0 aliphatic rings. The third kappa shape index (κ3) is 3.71. The summed E-state index contributed by atoms with van der Waals surface area (Å²) in [4.78, 5) is 0.299. The first-order valence-electron chi connectivity index (χ1n) is 6.04. The maximum atomic E-state index is 12.4. The highest BCUT2D eigenvalue weighted by Crippen LogP contribution is 2.20. The van der Waals surface area contributed by atoms with Crippen molar-refractivity contribution in [3.05, 3.63) is 57.7 Å². The second kappa shape index (κ2) is 6.55. The van der Waals surface area contributed by atoms with Crippen molar-refractivity contribution in [2.45, 2.75) is 11.4 Å². The zero-order valence-electron chi connectivity index (χ0n) is 10.9. The minimum Gasteiger partial charge on any atom is -0.316 e. The van der Waals surface area contributed by atoms with Crippen LogP contribution >= 0.6 is 22.6 Å². The van der Waals surface area contributed by atoms with Gasteiger partial charge in [-0.05, 0) is 65.5 Å². The zero-order chi connectivity index (χ0) is 14.6. The normalized spacial score (nSPS) is 11.3. The molecule has 0 aliphatic heterocycles. The third-order valence-corrected chi connectivity index (χ3v) is 4.93. The van der Waals surface area contributed by atoms with E-state index in [9.17, 15) is 8.42 Å². The van der Waals surface area contributed by atoms with Gasteiger partial charge in [0, 0.05) is 15.8 Å². The van der Waals surface area contributed by atoms with E-state index in [1.807, 2.05) is 18.2 Å². The van der Waals surface area contributed by atoms with Gasteiger partial charge in [0.2, 0.25) is 0 Å². The molecular formula is C14H15IN2O2S. The van der Waals surface area contributed by atoms with Gasteiger partial charge in [0.25, 0.3) is 10.0 Å². The Morgan fingerprint density at radius 2 is 1.70 bits per heavy atom.